The average molecular weight is 256 g/mol. The molecule has 0 unspecified atom stereocenters. The predicted octanol–water partition coefficient (Wildman–Crippen LogP) is 1.89. The van der Waals surface area contributed by atoms with E-state index in [4.69, 9.17) is 10.8 Å². The van der Waals surface area contributed by atoms with Gasteiger partial charge >= 0.3 is 6.01 Å². The molecule has 0 saturated carbocycles. The van der Waals surface area contributed by atoms with Gasteiger partial charge in [-0.3, -0.25) is 0 Å². The van der Waals surface area contributed by atoms with Gasteiger partial charge in [-0.05, 0) is 11.6 Å². The molecule has 0 spiro atoms. The Bertz CT molecular complexity index is 601. The Hall–Kier alpha value is -2.89. The van der Waals surface area contributed by atoms with Crippen LogP contribution in [0.5, 0.6) is 11.9 Å². The zero-order valence-electron chi connectivity index (χ0n) is 9.93. The highest BCUT2D eigenvalue weighted by molar-refractivity contribution is 5.82. The second-order valence-corrected chi connectivity index (χ2v) is 3.63. The first-order valence-corrected chi connectivity index (χ1v) is 5.48. The summed E-state index contributed by atoms with van der Waals surface area (Å²) in [5, 5.41) is 18.5. The smallest absolute Gasteiger partial charge is 0.319 e. The molecule has 0 atom stereocenters. The standard InChI is InChI=1S/C13H12N4O2/c14-11-10(12(18)17-13(19)16-11)15-8-4-7-9-5-2-1-3-6-9/h1-8H,(H4,14,16,17,18,19)/b7-4+,15-8+. The Morgan fingerprint density at radius 2 is 1.84 bits per heavy atom. The fourth-order valence-corrected chi connectivity index (χ4v) is 1.41. The van der Waals surface area contributed by atoms with Crippen LogP contribution in [0.2, 0.25) is 0 Å². The van der Waals surface area contributed by atoms with E-state index in [0.717, 1.165) is 5.56 Å². The zero-order valence-corrected chi connectivity index (χ0v) is 9.93. The maximum absolute atomic E-state index is 9.46. The predicted molar refractivity (Wildman–Crippen MR) is 73.4 cm³/mol. The van der Waals surface area contributed by atoms with Gasteiger partial charge in [0, 0.05) is 6.21 Å². The minimum absolute atomic E-state index is 0.0236. The van der Waals surface area contributed by atoms with Gasteiger partial charge in [0.2, 0.25) is 5.88 Å². The van der Waals surface area contributed by atoms with Crippen molar-refractivity contribution in [1.82, 2.24) is 9.97 Å². The molecule has 6 heteroatoms. The zero-order chi connectivity index (χ0) is 13.7. The molecule has 2 rings (SSSR count). The van der Waals surface area contributed by atoms with Gasteiger partial charge in [-0.15, -0.1) is 0 Å². The van der Waals surface area contributed by atoms with Crippen molar-refractivity contribution in [3.05, 3.63) is 42.0 Å². The Kier molecular flexibility index (Phi) is 3.72. The van der Waals surface area contributed by atoms with E-state index < -0.39 is 11.9 Å². The van der Waals surface area contributed by atoms with Crippen LogP contribution in [-0.2, 0) is 0 Å². The topological polar surface area (TPSA) is 105 Å². The van der Waals surface area contributed by atoms with Crippen molar-refractivity contribution in [2.75, 3.05) is 5.73 Å². The maximum Gasteiger partial charge on any atom is 0.319 e. The first-order chi connectivity index (χ1) is 9.16. The Labute approximate surface area is 109 Å². The summed E-state index contributed by atoms with van der Waals surface area (Å²) in [7, 11) is 0. The van der Waals surface area contributed by atoms with Gasteiger partial charge in [0.05, 0.1) is 0 Å². The summed E-state index contributed by atoms with van der Waals surface area (Å²) in [6.45, 7) is 0. The number of allylic oxidation sites excluding steroid dienone is 1. The highest BCUT2D eigenvalue weighted by Crippen LogP contribution is 2.30. The summed E-state index contributed by atoms with van der Waals surface area (Å²) in [5.41, 5.74) is 6.55. The van der Waals surface area contributed by atoms with Crippen molar-refractivity contribution in [2.45, 2.75) is 0 Å². The molecular weight excluding hydrogens is 244 g/mol. The Morgan fingerprint density at radius 3 is 2.53 bits per heavy atom. The van der Waals surface area contributed by atoms with Gasteiger partial charge < -0.3 is 15.9 Å². The molecule has 0 fully saturated rings. The molecule has 6 nitrogen and oxygen atoms in total. The third-order valence-electron chi connectivity index (χ3n) is 2.26. The molecule has 0 amide bonds. The van der Waals surface area contributed by atoms with Crippen molar-refractivity contribution in [1.29, 1.82) is 0 Å². The molecule has 0 aliphatic carbocycles. The van der Waals surface area contributed by atoms with Crippen LogP contribution in [0.15, 0.2) is 41.4 Å². The van der Waals surface area contributed by atoms with Crippen LogP contribution in [0.3, 0.4) is 0 Å². The number of anilines is 1. The summed E-state index contributed by atoms with van der Waals surface area (Å²) in [6, 6.07) is 9.08. The lowest BCUT2D eigenvalue weighted by molar-refractivity contribution is 0.400. The molecule has 0 radical (unpaired) electrons. The van der Waals surface area contributed by atoms with Crippen molar-refractivity contribution in [3.63, 3.8) is 0 Å². The molecule has 0 saturated heterocycles. The molecular formula is C13H12N4O2. The van der Waals surface area contributed by atoms with E-state index in [1.165, 1.54) is 6.21 Å². The molecule has 1 aromatic carbocycles. The van der Waals surface area contributed by atoms with Crippen molar-refractivity contribution in [2.24, 2.45) is 4.99 Å². The fourth-order valence-electron chi connectivity index (χ4n) is 1.41. The number of benzene rings is 1. The molecule has 0 aliphatic heterocycles. The van der Waals surface area contributed by atoms with E-state index in [1.54, 1.807) is 6.08 Å². The number of aliphatic imine (C=N–C) groups is 1. The SMILES string of the molecule is Nc1nc(O)nc(O)c1/N=C/C=C/c1ccccc1. The van der Waals surface area contributed by atoms with Crippen LogP contribution in [0, 0.1) is 0 Å². The van der Waals surface area contributed by atoms with E-state index in [2.05, 4.69) is 15.0 Å². The van der Waals surface area contributed by atoms with Crippen molar-refractivity contribution in [3.8, 4) is 11.9 Å². The summed E-state index contributed by atoms with van der Waals surface area (Å²) in [6.07, 6.45) is 5.00. The molecule has 96 valence electrons. The highest BCUT2D eigenvalue weighted by atomic mass is 16.3. The summed E-state index contributed by atoms with van der Waals surface area (Å²) < 4.78 is 0. The van der Waals surface area contributed by atoms with Gasteiger partial charge in [-0.1, -0.05) is 36.4 Å². The third kappa shape index (κ3) is 3.29. The molecule has 0 aliphatic rings. The molecule has 4 N–H and O–H groups in total. The van der Waals surface area contributed by atoms with Gasteiger partial charge in [0.1, 0.15) is 0 Å². The number of hydrogen-bond acceptors (Lipinski definition) is 6. The van der Waals surface area contributed by atoms with Gasteiger partial charge in [0.15, 0.2) is 11.5 Å². The van der Waals surface area contributed by atoms with Gasteiger partial charge in [-0.2, -0.15) is 9.97 Å². The quantitative estimate of drug-likeness (QED) is 0.727. The lowest BCUT2D eigenvalue weighted by atomic mass is 10.2. The number of aromatic hydroxyl groups is 2. The maximum atomic E-state index is 9.46. The van der Waals surface area contributed by atoms with Crippen LogP contribution in [0.4, 0.5) is 11.5 Å². The Morgan fingerprint density at radius 1 is 1.11 bits per heavy atom. The molecule has 1 heterocycles. The summed E-state index contributed by atoms with van der Waals surface area (Å²) in [5.74, 6) is -0.552. The Balaban J connectivity index is 2.14. The van der Waals surface area contributed by atoms with Gasteiger partial charge in [-0.25, -0.2) is 4.99 Å². The van der Waals surface area contributed by atoms with Crippen LogP contribution < -0.4 is 5.73 Å². The molecule has 2 aromatic rings. The second-order valence-electron chi connectivity index (χ2n) is 3.63. The highest BCUT2D eigenvalue weighted by Gasteiger charge is 2.08. The minimum Gasteiger partial charge on any atom is -0.492 e. The fraction of sp³-hybridized carbons (Fsp3) is 0. The van der Waals surface area contributed by atoms with E-state index in [9.17, 15) is 5.11 Å². The molecule has 19 heavy (non-hydrogen) atoms. The second kappa shape index (κ2) is 5.63. The van der Waals surface area contributed by atoms with E-state index in [1.807, 2.05) is 36.4 Å². The normalized spacial score (nSPS) is 11.4. The number of aromatic nitrogens is 2. The van der Waals surface area contributed by atoms with Crippen LogP contribution >= 0.6 is 0 Å². The van der Waals surface area contributed by atoms with E-state index in [-0.39, 0.29) is 11.5 Å². The third-order valence-corrected chi connectivity index (χ3v) is 2.26. The van der Waals surface area contributed by atoms with Crippen LogP contribution in [-0.4, -0.2) is 26.4 Å². The van der Waals surface area contributed by atoms with Gasteiger partial charge in [0.25, 0.3) is 0 Å². The average Bonchev–Trinajstić information content (AvgIpc) is 2.38. The lowest BCUT2D eigenvalue weighted by Crippen LogP contribution is -1.93. The number of nitrogens with zero attached hydrogens (tertiary/aromatic N) is 3. The lowest BCUT2D eigenvalue weighted by Gasteiger charge is -2.00. The minimum atomic E-state index is -0.589. The van der Waals surface area contributed by atoms with E-state index >= 15 is 0 Å². The molecule has 0 bridgehead atoms. The van der Waals surface area contributed by atoms with E-state index in [0.29, 0.717) is 0 Å². The number of nitrogen functional groups attached to an aromatic ring is 1. The summed E-state index contributed by atoms with van der Waals surface area (Å²) in [4.78, 5) is 10.8. The summed E-state index contributed by atoms with van der Waals surface area (Å²) >= 11 is 0. The number of nitrogens with two attached hydrogens (primary N) is 1. The largest absolute Gasteiger partial charge is 0.492 e. The number of rotatable bonds is 3. The van der Waals surface area contributed by atoms with Crippen LogP contribution in [0.1, 0.15) is 5.56 Å². The molecule has 1 aromatic heterocycles. The monoisotopic (exact) mass is 256 g/mol. The first kappa shape index (κ1) is 12.6. The number of hydrogen-bond donors (Lipinski definition) is 3. The first-order valence-electron chi connectivity index (χ1n) is 5.48. The van der Waals surface area contributed by atoms with Crippen molar-refractivity contribution < 1.29 is 10.2 Å². The van der Waals surface area contributed by atoms with Crippen molar-refractivity contribution >= 4 is 23.8 Å². The van der Waals surface area contributed by atoms with Crippen LogP contribution in [0.25, 0.3) is 6.08 Å².